The van der Waals surface area contributed by atoms with Gasteiger partial charge in [-0.05, 0) is 23.8 Å². The van der Waals surface area contributed by atoms with Crippen LogP contribution in [0.25, 0.3) is 0 Å². The minimum absolute atomic E-state index is 0.306. The Morgan fingerprint density at radius 2 is 1.92 bits per heavy atom. The zero-order valence-electron chi connectivity index (χ0n) is 13.4. The van der Waals surface area contributed by atoms with E-state index in [1.807, 2.05) is 24.4 Å². The van der Waals surface area contributed by atoms with Gasteiger partial charge < -0.3 is 20.1 Å². The van der Waals surface area contributed by atoms with Crippen LogP contribution in [-0.2, 0) is 17.8 Å². The topological polar surface area (TPSA) is 74.7 Å². The molecule has 1 saturated heterocycles. The smallest absolute Gasteiger partial charge is 0.335 e. The lowest BCUT2D eigenvalue weighted by atomic mass is 10.1. The number of morpholine rings is 1. The molecule has 1 aromatic carbocycles. The number of nitrogens with one attached hydrogen (secondary N) is 1. The second kappa shape index (κ2) is 7.90. The van der Waals surface area contributed by atoms with Gasteiger partial charge in [-0.3, -0.25) is 0 Å². The summed E-state index contributed by atoms with van der Waals surface area (Å²) >= 11 is 0. The zero-order chi connectivity index (χ0) is 16.8. The molecule has 24 heavy (non-hydrogen) atoms. The summed E-state index contributed by atoms with van der Waals surface area (Å²) in [6.07, 6.45) is 1.82. The maximum absolute atomic E-state index is 10.9. The molecule has 3 rings (SSSR count). The number of anilines is 1. The summed E-state index contributed by atoms with van der Waals surface area (Å²) in [5.74, 6) is 0.106. The van der Waals surface area contributed by atoms with Gasteiger partial charge in [0, 0.05) is 37.9 Å². The van der Waals surface area contributed by atoms with Crippen molar-refractivity contribution in [2.45, 2.75) is 13.1 Å². The van der Waals surface area contributed by atoms with Crippen LogP contribution >= 0.6 is 0 Å². The van der Waals surface area contributed by atoms with Crippen molar-refractivity contribution >= 4 is 11.8 Å². The normalized spacial score (nSPS) is 14.6. The first-order chi connectivity index (χ1) is 11.7. The van der Waals surface area contributed by atoms with E-state index in [1.165, 1.54) is 0 Å². The van der Waals surface area contributed by atoms with Gasteiger partial charge in [-0.2, -0.15) is 0 Å². The Balaban J connectivity index is 1.59. The molecule has 1 aliphatic rings. The maximum atomic E-state index is 10.9. The number of hydrogen-bond donors (Lipinski definition) is 2. The number of benzene rings is 1. The van der Waals surface area contributed by atoms with E-state index in [1.54, 1.807) is 12.1 Å². The maximum Gasteiger partial charge on any atom is 0.335 e. The van der Waals surface area contributed by atoms with Gasteiger partial charge in [0.25, 0.3) is 0 Å². The zero-order valence-corrected chi connectivity index (χ0v) is 13.4. The number of carboxylic acid groups (broad SMARTS) is 1. The number of hydrogen-bond acceptors (Lipinski definition) is 5. The number of carboxylic acids is 1. The van der Waals surface area contributed by atoms with Crippen molar-refractivity contribution < 1.29 is 14.6 Å². The Hall–Kier alpha value is -2.44. The molecule has 0 atom stereocenters. The van der Waals surface area contributed by atoms with E-state index in [0.717, 1.165) is 43.2 Å². The van der Waals surface area contributed by atoms with E-state index in [2.05, 4.69) is 21.3 Å². The van der Waals surface area contributed by atoms with Crippen molar-refractivity contribution in [3.8, 4) is 0 Å². The van der Waals surface area contributed by atoms with E-state index in [9.17, 15) is 4.79 Å². The van der Waals surface area contributed by atoms with Crippen LogP contribution in [-0.4, -0.2) is 42.4 Å². The summed E-state index contributed by atoms with van der Waals surface area (Å²) in [6, 6.07) is 11.0. The summed E-state index contributed by atoms with van der Waals surface area (Å²) in [4.78, 5) is 17.6. The van der Waals surface area contributed by atoms with Gasteiger partial charge in [-0.15, -0.1) is 0 Å². The Morgan fingerprint density at radius 3 is 2.62 bits per heavy atom. The highest BCUT2D eigenvalue weighted by Crippen LogP contribution is 2.18. The fourth-order valence-corrected chi connectivity index (χ4v) is 2.73. The van der Waals surface area contributed by atoms with Gasteiger partial charge in [-0.1, -0.05) is 18.2 Å². The van der Waals surface area contributed by atoms with Crippen LogP contribution in [0.1, 0.15) is 21.5 Å². The van der Waals surface area contributed by atoms with Gasteiger partial charge in [0.2, 0.25) is 0 Å². The monoisotopic (exact) mass is 327 g/mol. The van der Waals surface area contributed by atoms with Crippen molar-refractivity contribution in [3.05, 3.63) is 59.3 Å². The lowest BCUT2D eigenvalue weighted by Gasteiger charge is -2.29. The van der Waals surface area contributed by atoms with Crippen molar-refractivity contribution in [1.82, 2.24) is 10.3 Å². The van der Waals surface area contributed by atoms with Crippen molar-refractivity contribution in [3.63, 3.8) is 0 Å². The first-order valence-corrected chi connectivity index (χ1v) is 8.03. The number of aromatic nitrogens is 1. The standard InChI is InChI=1S/C18H21N3O3/c22-18(23)15-5-3-14(4-6-15)12-19-13-16-2-1-7-20-17(16)21-8-10-24-11-9-21/h1-7,19H,8-13H2,(H,22,23). The van der Waals surface area contributed by atoms with E-state index in [0.29, 0.717) is 18.7 Å². The third-order valence-electron chi connectivity index (χ3n) is 4.02. The van der Waals surface area contributed by atoms with E-state index >= 15 is 0 Å². The van der Waals surface area contributed by atoms with Crippen LogP contribution in [0.2, 0.25) is 0 Å². The number of aromatic carboxylic acids is 1. The van der Waals surface area contributed by atoms with Gasteiger partial charge >= 0.3 is 5.97 Å². The summed E-state index contributed by atoms with van der Waals surface area (Å²) < 4.78 is 5.40. The number of carbonyl (C=O) groups is 1. The first kappa shape index (κ1) is 16.4. The number of pyridine rings is 1. The summed E-state index contributed by atoms with van der Waals surface area (Å²) in [5, 5.41) is 12.3. The Bertz CT molecular complexity index is 682. The van der Waals surface area contributed by atoms with Crippen LogP contribution in [0.3, 0.4) is 0 Å². The lowest BCUT2D eigenvalue weighted by molar-refractivity contribution is 0.0697. The fraction of sp³-hybridized carbons (Fsp3) is 0.333. The van der Waals surface area contributed by atoms with Crippen LogP contribution in [0.15, 0.2) is 42.6 Å². The molecule has 0 saturated carbocycles. The molecular weight excluding hydrogens is 306 g/mol. The van der Waals surface area contributed by atoms with E-state index in [-0.39, 0.29) is 0 Å². The third-order valence-corrected chi connectivity index (χ3v) is 4.02. The number of ether oxygens (including phenoxy) is 1. The molecule has 0 bridgehead atoms. The molecule has 2 N–H and O–H groups in total. The first-order valence-electron chi connectivity index (χ1n) is 8.03. The van der Waals surface area contributed by atoms with Gasteiger partial charge in [0.1, 0.15) is 5.82 Å². The van der Waals surface area contributed by atoms with Crippen molar-refractivity contribution in [1.29, 1.82) is 0 Å². The Morgan fingerprint density at radius 1 is 1.17 bits per heavy atom. The van der Waals surface area contributed by atoms with Crippen LogP contribution in [0.4, 0.5) is 5.82 Å². The summed E-state index contributed by atoms with van der Waals surface area (Å²) in [5.41, 5.74) is 2.51. The minimum atomic E-state index is -0.903. The summed E-state index contributed by atoms with van der Waals surface area (Å²) in [6.45, 7) is 4.58. The molecule has 0 spiro atoms. The van der Waals surface area contributed by atoms with Crippen molar-refractivity contribution in [2.24, 2.45) is 0 Å². The predicted molar refractivity (Wildman–Crippen MR) is 91.2 cm³/mol. The highest BCUT2D eigenvalue weighted by Gasteiger charge is 2.15. The second-order valence-corrected chi connectivity index (χ2v) is 5.69. The average molecular weight is 327 g/mol. The van der Waals surface area contributed by atoms with Crippen molar-refractivity contribution in [2.75, 3.05) is 31.2 Å². The Kier molecular flexibility index (Phi) is 5.40. The highest BCUT2D eigenvalue weighted by molar-refractivity contribution is 5.87. The molecule has 1 fully saturated rings. The predicted octanol–water partition coefficient (Wildman–Crippen LogP) is 1.91. The summed E-state index contributed by atoms with van der Waals surface area (Å²) in [7, 11) is 0. The van der Waals surface area contributed by atoms with Crippen LogP contribution < -0.4 is 10.2 Å². The van der Waals surface area contributed by atoms with Gasteiger partial charge in [-0.25, -0.2) is 9.78 Å². The third kappa shape index (κ3) is 4.10. The van der Waals surface area contributed by atoms with Crippen LogP contribution in [0, 0.1) is 0 Å². The molecule has 2 heterocycles. The molecule has 2 aromatic rings. The molecule has 0 amide bonds. The molecular formula is C18H21N3O3. The SMILES string of the molecule is O=C(O)c1ccc(CNCc2cccnc2N2CCOCC2)cc1. The highest BCUT2D eigenvalue weighted by atomic mass is 16.5. The van der Waals surface area contributed by atoms with E-state index < -0.39 is 5.97 Å². The molecule has 0 aliphatic carbocycles. The molecule has 126 valence electrons. The molecule has 1 aliphatic heterocycles. The largest absolute Gasteiger partial charge is 0.478 e. The number of rotatable bonds is 6. The number of nitrogens with zero attached hydrogens (tertiary/aromatic N) is 2. The molecule has 6 heteroatoms. The fourth-order valence-electron chi connectivity index (χ4n) is 2.73. The minimum Gasteiger partial charge on any atom is -0.478 e. The lowest BCUT2D eigenvalue weighted by Crippen LogP contribution is -2.37. The molecule has 0 radical (unpaired) electrons. The Labute approximate surface area is 141 Å². The van der Waals surface area contributed by atoms with Gasteiger partial charge in [0.15, 0.2) is 0 Å². The quantitative estimate of drug-likeness (QED) is 0.844. The second-order valence-electron chi connectivity index (χ2n) is 5.69. The average Bonchev–Trinajstić information content (AvgIpc) is 2.63. The van der Waals surface area contributed by atoms with E-state index in [4.69, 9.17) is 9.84 Å². The molecule has 0 unspecified atom stereocenters. The van der Waals surface area contributed by atoms with Crippen LogP contribution in [0.5, 0.6) is 0 Å². The van der Waals surface area contributed by atoms with Gasteiger partial charge in [0.05, 0.1) is 18.8 Å². The molecule has 1 aromatic heterocycles. The molecule has 6 nitrogen and oxygen atoms in total.